The molecule has 1 heterocycles. The van der Waals surface area contributed by atoms with Gasteiger partial charge in [-0.25, -0.2) is 4.98 Å². The van der Waals surface area contributed by atoms with E-state index in [9.17, 15) is 0 Å². The van der Waals surface area contributed by atoms with Crippen LogP contribution in [0.2, 0.25) is 5.02 Å². The molecule has 0 aliphatic heterocycles. The lowest BCUT2D eigenvalue weighted by Crippen LogP contribution is -2.07. The number of pyridine rings is 1. The number of rotatable bonds is 3. The molecule has 2 nitrogen and oxygen atoms in total. The summed E-state index contributed by atoms with van der Waals surface area (Å²) in [4.78, 5) is 4.11. The van der Waals surface area contributed by atoms with E-state index in [1.165, 1.54) is 0 Å². The standard InChI is InChI=1S/C9H11BrClNO/c1-6(2)13-9-8(11)3-7(4-10)5-12-9/h3,5-6H,4H2,1-2H3. The molecule has 0 fully saturated rings. The van der Waals surface area contributed by atoms with Gasteiger partial charge in [0.25, 0.3) is 0 Å². The highest BCUT2D eigenvalue weighted by atomic mass is 79.9. The van der Waals surface area contributed by atoms with Crippen LogP contribution in [0.3, 0.4) is 0 Å². The normalized spacial score (nSPS) is 10.5. The Labute approximate surface area is 91.4 Å². The SMILES string of the molecule is CC(C)Oc1ncc(CBr)cc1Cl. The molecule has 0 aliphatic rings. The van der Waals surface area contributed by atoms with Crippen molar-refractivity contribution in [3.05, 3.63) is 22.8 Å². The highest BCUT2D eigenvalue weighted by Gasteiger charge is 2.05. The van der Waals surface area contributed by atoms with E-state index in [0.717, 1.165) is 10.9 Å². The predicted octanol–water partition coefficient (Wildman–Crippen LogP) is 3.42. The monoisotopic (exact) mass is 263 g/mol. The van der Waals surface area contributed by atoms with Crippen LogP contribution >= 0.6 is 27.5 Å². The molecular weight excluding hydrogens is 253 g/mol. The predicted molar refractivity (Wildman–Crippen MR) is 57.6 cm³/mol. The molecule has 0 bridgehead atoms. The van der Waals surface area contributed by atoms with Crippen molar-refractivity contribution in [3.63, 3.8) is 0 Å². The summed E-state index contributed by atoms with van der Waals surface area (Å²) in [6.45, 7) is 3.88. The zero-order valence-corrected chi connectivity index (χ0v) is 9.89. The van der Waals surface area contributed by atoms with Crippen molar-refractivity contribution in [2.45, 2.75) is 25.3 Å². The maximum atomic E-state index is 5.94. The van der Waals surface area contributed by atoms with Gasteiger partial charge in [-0.1, -0.05) is 27.5 Å². The fourth-order valence-electron chi connectivity index (χ4n) is 0.848. The summed E-state index contributed by atoms with van der Waals surface area (Å²) in [5.41, 5.74) is 1.04. The Hall–Kier alpha value is -0.280. The second-order valence-electron chi connectivity index (χ2n) is 2.93. The van der Waals surface area contributed by atoms with E-state index in [1.54, 1.807) is 6.20 Å². The minimum atomic E-state index is 0.0971. The molecule has 13 heavy (non-hydrogen) atoms. The quantitative estimate of drug-likeness (QED) is 0.781. The summed E-state index contributed by atoms with van der Waals surface area (Å²) in [5, 5.41) is 1.31. The lowest BCUT2D eigenvalue weighted by Gasteiger charge is -2.10. The van der Waals surface area contributed by atoms with Gasteiger partial charge >= 0.3 is 0 Å². The van der Waals surface area contributed by atoms with Crippen molar-refractivity contribution in [2.75, 3.05) is 0 Å². The van der Waals surface area contributed by atoms with Crippen molar-refractivity contribution in [2.24, 2.45) is 0 Å². The molecule has 0 unspecified atom stereocenters. The summed E-state index contributed by atoms with van der Waals surface area (Å²) < 4.78 is 5.39. The second kappa shape index (κ2) is 4.82. The Morgan fingerprint density at radius 3 is 2.77 bits per heavy atom. The third-order valence-electron chi connectivity index (χ3n) is 1.37. The van der Waals surface area contributed by atoms with Gasteiger partial charge in [0, 0.05) is 11.5 Å². The summed E-state index contributed by atoms with van der Waals surface area (Å²) >= 11 is 9.27. The average Bonchev–Trinajstić information content (AvgIpc) is 2.08. The zero-order valence-electron chi connectivity index (χ0n) is 7.55. The molecule has 1 aromatic heterocycles. The van der Waals surface area contributed by atoms with Crippen molar-refractivity contribution < 1.29 is 4.74 Å². The van der Waals surface area contributed by atoms with Crippen LogP contribution in [0.25, 0.3) is 0 Å². The van der Waals surface area contributed by atoms with Gasteiger partial charge in [0.05, 0.1) is 6.10 Å². The van der Waals surface area contributed by atoms with Crippen LogP contribution in [0.1, 0.15) is 19.4 Å². The highest BCUT2D eigenvalue weighted by Crippen LogP contribution is 2.24. The summed E-state index contributed by atoms with van der Waals surface area (Å²) in [5.74, 6) is 0.501. The van der Waals surface area contributed by atoms with Gasteiger partial charge in [0.2, 0.25) is 5.88 Å². The molecular formula is C9H11BrClNO. The minimum Gasteiger partial charge on any atom is -0.474 e. The van der Waals surface area contributed by atoms with Gasteiger partial charge < -0.3 is 4.74 Å². The van der Waals surface area contributed by atoms with Crippen LogP contribution in [-0.2, 0) is 5.33 Å². The smallest absolute Gasteiger partial charge is 0.232 e. The van der Waals surface area contributed by atoms with Gasteiger partial charge in [-0.3, -0.25) is 0 Å². The van der Waals surface area contributed by atoms with Crippen LogP contribution < -0.4 is 4.74 Å². The molecule has 0 atom stereocenters. The number of ether oxygens (including phenoxy) is 1. The van der Waals surface area contributed by atoms with Crippen LogP contribution in [0.4, 0.5) is 0 Å². The fraction of sp³-hybridized carbons (Fsp3) is 0.444. The van der Waals surface area contributed by atoms with Crippen LogP contribution in [0.15, 0.2) is 12.3 Å². The number of hydrogen-bond acceptors (Lipinski definition) is 2. The molecule has 0 aromatic carbocycles. The Bertz CT molecular complexity index is 291. The first kappa shape index (κ1) is 10.8. The molecule has 1 rings (SSSR count). The second-order valence-corrected chi connectivity index (χ2v) is 3.90. The summed E-state index contributed by atoms with van der Waals surface area (Å²) in [7, 11) is 0. The molecule has 0 N–H and O–H groups in total. The van der Waals surface area contributed by atoms with Gasteiger partial charge in [-0.2, -0.15) is 0 Å². The van der Waals surface area contributed by atoms with Crippen LogP contribution in [-0.4, -0.2) is 11.1 Å². The molecule has 0 saturated carbocycles. The lowest BCUT2D eigenvalue weighted by molar-refractivity contribution is 0.233. The Balaban J connectivity index is 2.85. The number of nitrogens with zero attached hydrogens (tertiary/aromatic N) is 1. The van der Waals surface area contributed by atoms with Gasteiger partial charge in [-0.15, -0.1) is 0 Å². The van der Waals surface area contributed by atoms with Crippen LogP contribution in [0.5, 0.6) is 5.88 Å². The van der Waals surface area contributed by atoms with E-state index in [-0.39, 0.29) is 6.10 Å². The van der Waals surface area contributed by atoms with Gasteiger partial charge in [0.15, 0.2) is 0 Å². The van der Waals surface area contributed by atoms with Crippen molar-refractivity contribution in [1.82, 2.24) is 4.98 Å². The zero-order chi connectivity index (χ0) is 9.84. The first-order valence-corrected chi connectivity index (χ1v) is 5.50. The number of alkyl halides is 1. The molecule has 0 saturated heterocycles. The van der Waals surface area contributed by atoms with E-state index >= 15 is 0 Å². The third-order valence-corrected chi connectivity index (χ3v) is 2.28. The first-order chi connectivity index (χ1) is 6.13. The number of halogens is 2. The van der Waals surface area contributed by atoms with Crippen LogP contribution in [0, 0.1) is 0 Å². The average molecular weight is 265 g/mol. The lowest BCUT2D eigenvalue weighted by atomic mass is 10.3. The van der Waals surface area contributed by atoms with E-state index in [0.29, 0.717) is 10.9 Å². The Morgan fingerprint density at radius 2 is 2.31 bits per heavy atom. The van der Waals surface area contributed by atoms with E-state index < -0.39 is 0 Å². The fourth-order valence-corrected chi connectivity index (χ4v) is 1.39. The van der Waals surface area contributed by atoms with Crippen molar-refractivity contribution >= 4 is 27.5 Å². The van der Waals surface area contributed by atoms with Gasteiger partial charge in [0.1, 0.15) is 5.02 Å². The minimum absolute atomic E-state index is 0.0971. The highest BCUT2D eigenvalue weighted by molar-refractivity contribution is 9.08. The maximum Gasteiger partial charge on any atom is 0.232 e. The Kier molecular flexibility index (Phi) is 4.00. The maximum absolute atomic E-state index is 5.94. The number of aromatic nitrogens is 1. The molecule has 0 spiro atoms. The van der Waals surface area contributed by atoms with Gasteiger partial charge in [-0.05, 0) is 25.5 Å². The third kappa shape index (κ3) is 3.16. The topological polar surface area (TPSA) is 22.1 Å². The van der Waals surface area contributed by atoms with E-state index in [4.69, 9.17) is 16.3 Å². The molecule has 0 amide bonds. The molecule has 0 radical (unpaired) electrons. The molecule has 0 aliphatic carbocycles. The van der Waals surface area contributed by atoms with Crippen molar-refractivity contribution in [3.8, 4) is 5.88 Å². The summed E-state index contributed by atoms with van der Waals surface area (Å²) in [6, 6.07) is 1.85. The molecule has 1 aromatic rings. The van der Waals surface area contributed by atoms with E-state index in [1.807, 2.05) is 19.9 Å². The molecule has 4 heteroatoms. The largest absolute Gasteiger partial charge is 0.474 e. The molecule has 72 valence electrons. The van der Waals surface area contributed by atoms with E-state index in [2.05, 4.69) is 20.9 Å². The Morgan fingerprint density at radius 1 is 1.62 bits per heavy atom. The van der Waals surface area contributed by atoms with Crippen molar-refractivity contribution in [1.29, 1.82) is 0 Å². The summed E-state index contributed by atoms with van der Waals surface area (Å²) in [6.07, 6.45) is 1.85. The first-order valence-electron chi connectivity index (χ1n) is 4.00. The number of hydrogen-bond donors (Lipinski definition) is 0.